The molecule has 2 aromatic rings. The van der Waals surface area contributed by atoms with Crippen molar-refractivity contribution in [1.82, 2.24) is 4.98 Å². The van der Waals surface area contributed by atoms with Crippen LogP contribution >= 0.6 is 27.5 Å². The molecule has 0 bridgehead atoms. The normalized spacial score (nSPS) is 13.1. The Balaban J connectivity index is 2.71. The smallest absolute Gasteiger partial charge is 0.0720 e. The average molecular weight is 285 g/mol. The zero-order chi connectivity index (χ0) is 11.0. The molecule has 1 aromatic carbocycles. The van der Waals surface area contributed by atoms with Crippen molar-refractivity contribution < 1.29 is 0 Å². The van der Waals surface area contributed by atoms with E-state index in [4.69, 9.17) is 11.6 Å². The Morgan fingerprint density at radius 1 is 1.33 bits per heavy atom. The lowest BCUT2D eigenvalue weighted by atomic mass is 10.1. The Hall–Kier alpha value is -0.600. The van der Waals surface area contributed by atoms with Gasteiger partial charge in [0.15, 0.2) is 0 Å². The van der Waals surface area contributed by atoms with Crippen LogP contribution in [-0.2, 0) is 0 Å². The van der Waals surface area contributed by atoms with Crippen LogP contribution < -0.4 is 0 Å². The molecule has 0 spiro atoms. The fourth-order valence-corrected chi connectivity index (χ4v) is 2.17. The Kier molecular flexibility index (Phi) is 2.98. The Morgan fingerprint density at radius 2 is 2.07 bits per heavy atom. The van der Waals surface area contributed by atoms with Gasteiger partial charge in [-0.1, -0.05) is 33.6 Å². The van der Waals surface area contributed by atoms with E-state index in [1.807, 2.05) is 19.1 Å². The third-order valence-corrected chi connectivity index (χ3v) is 3.21. The predicted octanol–water partition coefficient (Wildman–Crippen LogP) is 4.65. The van der Waals surface area contributed by atoms with Gasteiger partial charge in [0, 0.05) is 15.9 Å². The second-order valence-corrected chi connectivity index (χ2v) is 5.42. The quantitative estimate of drug-likeness (QED) is 0.695. The molecular weight excluding hydrogens is 273 g/mol. The van der Waals surface area contributed by atoms with Gasteiger partial charge < -0.3 is 0 Å². The topological polar surface area (TPSA) is 12.9 Å². The molecular formula is C12H11BrClN. The van der Waals surface area contributed by atoms with Crippen molar-refractivity contribution in [2.24, 2.45) is 0 Å². The molecule has 0 amide bonds. The minimum Gasteiger partial charge on any atom is -0.253 e. The van der Waals surface area contributed by atoms with E-state index < -0.39 is 0 Å². The van der Waals surface area contributed by atoms with Gasteiger partial charge in [-0.25, -0.2) is 0 Å². The Labute approximate surface area is 103 Å². The van der Waals surface area contributed by atoms with Gasteiger partial charge in [-0.2, -0.15) is 0 Å². The number of hydrogen-bond donors (Lipinski definition) is 0. The number of hydrogen-bond acceptors (Lipinski definition) is 1. The van der Waals surface area contributed by atoms with Crippen molar-refractivity contribution in [1.29, 1.82) is 0 Å². The van der Waals surface area contributed by atoms with Gasteiger partial charge in [0.1, 0.15) is 0 Å². The van der Waals surface area contributed by atoms with Crippen molar-refractivity contribution >= 4 is 38.4 Å². The Bertz CT molecular complexity index is 508. The summed E-state index contributed by atoms with van der Waals surface area (Å²) < 4.78 is 0. The molecule has 1 nitrogen and oxygen atoms in total. The van der Waals surface area contributed by atoms with Crippen LogP contribution in [0.5, 0.6) is 0 Å². The first-order chi connectivity index (χ1) is 7.08. The maximum Gasteiger partial charge on any atom is 0.0720 e. The zero-order valence-electron chi connectivity index (χ0n) is 8.59. The molecule has 15 heavy (non-hydrogen) atoms. The summed E-state index contributed by atoms with van der Waals surface area (Å²) in [7, 11) is 0. The van der Waals surface area contributed by atoms with Crippen LogP contribution in [0.25, 0.3) is 10.9 Å². The largest absolute Gasteiger partial charge is 0.253 e. The van der Waals surface area contributed by atoms with Crippen LogP contribution in [0.3, 0.4) is 0 Å². The lowest BCUT2D eigenvalue weighted by Crippen LogP contribution is -1.88. The summed E-state index contributed by atoms with van der Waals surface area (Å²) in [5.41, 5.74) is 3.12. The van der Waals surface area contributed by atoms with E-state index in [9.17, 15) is 0 Å². The van der Waals surface area contributed by atoms with Crippen LogP contribution in [0.4, 0.5) is 0 Å². The molecule has 78 valence electrons. The second-order valence-electron chi connectivity index (χ2n) is 3.64. The number of halogens is 2. The van der Waals surface area contributed by atoms with Crippen LogP contribution in [0.15, 0.2) is 24.3 Å². The fourth-order valence-electron chi connectivity index (χ4n) is 1.57. The summed E-state index contributed by atoms with van der Waals surface area (Å²) in [4.78, 5) is 4.77. The predicted molar refractivity (Wildman–Crippen MR) is 68.8 cm³/mol. The first-order valence-corrected chi connectivity index (χ1v) is 6.08. The molecule has 1 atom stereocenters. The minimum absolute atomic E-state index is 0.333. The molecule has 0 aliphatic carbocycles. The summed E-state index contributed by atoms with van der Waals surface area (Å²) >= 11 is 9.73. The van der Waals surface area contributed by atoms with Gasteiger partial charge in [0.2, 0.25) is 0 Å². The molecule has 0 aliphatic heterocycles. The van der Waals surface area contributed by atoms with Gasteiger partial charge in [0.05, 0.1) is 10.5 Å². The lowest BCUT2D eigenvalue weighted by molar-refractivity contribution is 1.13. The van der Waals surface area contributed by atoms with Crippen LogP contribution in [0.2, 0.25) is 5.02 Å². The first-order valence-electron chi connectivity index (χ1n) is 4.79. The highest BCUT2D eigenvalue weighted by Crippen LogP contribution is 2.29. The molecule has 0 saturated carbocycles. The molecule has 0 radical (unpaired) electrons. The van der Waals surface area contributed by atoms with E-state index in [2.05, 4.69) is 40.0 Å². The van der Waals surface area contributed by atoms with Crippen molar-refractivity contribution in [3.63, 3.8) is 0 Å². The number of aromatic nitrogens is 1. The van der Waals surface area contributed by atoms with Crippen molar-refractivity contribution in [3.05, 3.63) is 40.5 Å². The monoisotopic (exact) mass is 283 g/mol. The van der Waals surface area contributed by atoms with Gasteiger partial charge in [0.25, 0.3) is 0 Å². The van der Waals surface area contributed by atoms with E-state index in [-0.39, 0.29) is 0 Å². The van der Waals surface area contributed by atoms with Crippen molar-refractivity contribution in [3.8, 4) is 0 Å². The average Bonchev–Trinajstić information content (AvgIpc) is 2.16. The standard InChI is InChI=1S/C12H11BrClN/c1-7-5-11(14)10-6-9(8(2)13)3-4-12(10)15-7/h3-6,8H,1-2H3. The maximum absolute atomic E-state index is 6.18. The van der Waals surface area contributed by atoms with Crippen LogP contribution in [0, 0.1) is 6.92 Å². The van der Waals surface area contributed by atoms with Gasteiger partial charge in [-0.3, -0.25) is 4.98 Å². The van der Waals surface area contributed by atoms with Gasteiger partial charge in [-0.05, 0) is 37.6 Å². The molecule has 0 N–H and O–H groups in total. The number of aryl methyl sites for hydroxylation is 1. The fraction of sp³-hybridized carbons (Fsp3) is 0.250. The molecule has 2 rings (SSSR count). The maximum atomic E-state index is 6.18. The van der Waals surface area contributed by atoms with E-state index in [1.54, 1.807) is 0 Å². The van der Waals surface area contributed by atoms with E-state index >= 15 is 0 Å². The van der Waals surface area contributed by atoms with E-state index in [0.29, 0.717) is 4.83 Å². The lowest BCUT2D eigenvalue weighted by Gasteiger charge is -2.07. The molecule has 0 aliphatic rings. The highest BCUT2D eigenvalue weighted by molar-refractivity contribution is 9.09. The minimum atomic E-state index is 0.333. The summed E-state index contributed by atoms with van der Waals surface area (Å²) in [6.07, 6.45) is 0. The molecule has 1 unspecified atom stereocenters. The molecule has 3 heteroatoms. The number of fused-ring (bicyclic) bond motifs is 1. The summed E-state index contributed by atoms with van der Waals surface area (Å²) in [5.74, 6) is 0. The molecule has 1 heterocycles. The van der Waals surface area contributed by atoms with E-state index in [1.165, 1.54) is 5.56 Å². The summed E-state index contributed by atoms with van der Waals surface area (Å²) in [5, 5.41) is 1.79. The molecule has 0 fully saturated rings. The number of rotatable bonds is 1. The first kappa shape index (κ1) is 10.9. The molecule has 0 saturated heterocycles. The highest BCUT2D eigenvalue weighted by Gasteiger charge is 2.06. The van der Waals surface area contributed by atoms with Gasteiger partial charge >= 0.3 is 0 Å². The summed E-state index contributed by atoms with van der Waals surface area (Å²) in [6.45, 7) is 4.04. The second kappa shape index (κ2) is 4.11. The van der Waals surface area contributed by atoms with E-state index in [0.717, 1.165) is 21.6 Å². The SMILES string of the molecule is Cc1cc(Cl)c2cc(C(C)Br)ccc2n1. The number of pyridine rings is 1. The Morgan fingerprint density at radius 3 is 2.73 bits per heavy atom. The third-order valence-electron chi connectivity index (χ3n) is 2.37. The van der Waals surface area contributed by atoms with Gasteiger partial charge in [-0.15, -0.1) is 0 Å². The highest BCUT2D eigenvalue weighted by atomic mass is 79.9. The number of nitrogens with zero attached hydrogens (tertiary/aromatic N) is 1. The molecule has 1 aromatic heterocycles. The summed E-state index contributed by atoms with van der Waals surface area (Å²) in [6, 6.07) is 8.07. The van der Waals surface area contributed by atoms with Crippen molar-refractivity contribution in [2.45, 2.75) is 18.7 Å². The number of benzene rings is 1. The third kappa shape index (κ3) is 2.16. The van der Waals surface area contributed by atoms with Crippen LogP contribution in [-0.4, -0.2) is 4.98 Å². The van der Waals surface area contributed by atoms with Crippen LogP contribution in [0.1, 0.15) is 23.0 Å². The number of alkyl halides is 1. The zero-order valence-corrected chi connectivity index (χ0v) is 10.9. The van der Waals surface area contributed by atoms with Crippen molar-refractivity contribution in [2.75, 3.05) is 0 Å².